The van der Waals surface area contributed by atoms with Crippen molar-refractivity contribution in [3.63, 3.8) is 0 Å². The van der Waals surface area contributed by atoms with Crippen LogP contribution in [0.25, 0.3) is 5.69 Å². The minimum atomic E-state index is -0.548. The third-order valence-corrected chi connectivity index (χ3v) is 13.4. The molecule has 14 nitrogen and oxygen atoms in total. The molecule has 2 aliphatic heterocycles. The number of carbonyl (C=O) groups is 3. The van der Waals surface area contributed by atoms with Gasteiger partial charge in [0.1, 0.15) is 30.9 Å². The molecule has 0 radical (unpaired) electrons. The molecule has 16 heteroatoms. The van der Waals surface area contributed by atoms with Crippen LogP contribution in [0, 0.1) is 0 Å². The smallest absolute Gasteiger partial charge is 0.318 e. The summed E-state index contributed by atoms with van der Waals surface area (Å²) in [5.41, 5.74) is 3.69. The number of rotatable bonds is 16. The zero-order chi connectivity index (χ0) is 44.4. The van der Waals surface area contributed by atoms with Crippen molar-refractivity contribution in [2.75, 3.05) is 79.7 Å². The van der Waals surface area contributed by atoms with Crippen molar-refractivity contribution in [2.24, 2.45) is 0 Å². The van der Waals surface area contributed by atoms with E-state index in [1.54, 1.807) is 43.3 Å². The van der Waals surface area contributed by atoms with Gasteiger partial charge in [0.2, 0.25) is 0 Å². The molecule has 7 rings (SSSR count). The van der Waals surface area contributed by atoms with E-state index >= 15 is 0 Å². The van der Waals surface area contributed by atoms with Crippen molar-refractivity contribution in [2.45, 2.75) is 44.1 Å². The third-order valence-electron chi connectivity index (χ3n) is 12.7. The van der Waals surface area contributed by atoms with Gasteiger partial charge in [0.05, 0.1) is 66.6 Å². The highest BCUT2D eigenvalue weighted by atomic mass is 35.5. The molecule has 0 saturated carbocycles. The number of para-hydroxylation sites is 1. The van der Waals surface area contributed by atoms with Crippen LogP contribution in [-0.2, 0) is 15.1 Å². The summed E-state index contributed by atoms with van der Waals surface area (Å²) in [6, 6.07) is 31.4. The van der Waals surface area contributed by atoms with Crippen LogP contribution in [0.1, 0.15) is 60.0 Å². The van der Waals surface area contributed by atoms with E-state index < -0.39 is 5.54 Å². The Balaban J connectivity index is 1.02. The summed E-state index contributed by atoms with van der Waals surface area (Å²) in [5, 5.41) is 15.9. The number of esters is 1. The van der Waals surface area contributed by atoms with Crippen LogP contribution in [0.5, 0.6) is 5.75 Å². The molecule has 1 atom stereocenters. The second kappa shape index (κ2) is 20.8. The van der Waals surface area contributed by atoms with Gasteiger partial charge in [-0.15, -0.1) is 5.10 Å². The minimum Gasteiger partial charge on any atom is -0.496 e. The number of tetrazole rings is 1. The lowest BCUT2D eigenvalue weighted by Gasteiger charge is -2.47. The Morgan fingerprint density at radius 3 is 2.27 bits per heavy atom. The highest BCUT2D eigenvalue weighted by Crippen LogP contribution is 2.36. The number of methoxy groups -OCH3 is 1. The second-order valence-corrected chi connectivity index (χ2v) is 17.2. The number of quaternary nitrogens is 1. The monoisotopic (exact) mass is 896 g/mol. The number of likely N-dealkylation sites (tertiary alicyclic amines) is 1. The number of piperidine rings is 1. The number of urea groups is 1. The second-order valence-electron chi connectivity index (χ2n) is 16.4. The number of carbonyl (C=O) groups excluding carboxylic acids is 3. The molecule has 3 amide bonds. The van der Waals surface area contributed by atoms with Crippen LogP contribution in [-0.4, -0.2) is 132 Å². The highest BCUT2D eigenvalue weighted by Gasteiger charge is 2.42. The number of nitrogens with one attached hydrogen (secondary N) is 1. The van der Waals surface area contributed by atoms with Crippen LogP contribution in [0.3, 0.4) is 0 Å². The van der Waals surface area contributed by atoms with Gasteiger partial charge in [-0.1, -0.05) is 77.8 Å². The first-order chi connectivity index (χ1) is 30.5. The Kier molecular flexibility index (Phi) is 15.0. The number of piperazine rings is 1. The molecule has 4 aromatic carbocycles. The number of hydrogen-bond donors (Lipinski definition) is 1. The first-order valence-corrected chi connectivity index (χ1v) is 22.3. The molecule has 332 valence electrons. The van der Waals surface area contributed by atoms with Crippen LogP contribution in [0.2, 0.25) is 10.0 Å². The van der Waals surface area contributed by atoms with Crippen molar-refractivity contribution in [3.05, 3.63) is 130 Å². The molecular weight excluding hydrogens is 841 g/mol. The van der Waals surface area contributed by atoms with Gasteiger partial charge < -0.3 is 29.5 Å². The van der Waals surface area contributed by atoms with Gasteiger partial charge >= 0.3 is 12.0 Å². The first-order valence-electron chi connectivity index (χ1n) is 21.6. The van der Waals surface area contributed by atoms with Gasteiger partial charge in [0.15, 0.2) is 0 Å². The van der Waals surface area contributed by atoms with Gasteiger partial charge in [0, 0.05) is 32.6 Å². The number of hydrogen-bond acceptors (Lipinski definition) is 9. The minimum absolute atomic E-state index is 0.0688. The van der Waals surface area contributed by atoms with Crippen molar-refractivity contribution < 1.29 is 23.9 Å². The SMILES string of the molecule is CCOC(=O)CC[N+]1(c2ccccc2)CCN(C(=O)NC2(c3ccccc3)CCN(CCC(CN(C)C(=O)c3cc(-n4cnnn4)ccc3OC)c3ccc(Cl)c(Cl)c3)CC2)CC1. The first kappa shape index (κ1) is 45.5. The summed E-state index contributed by atoms with van der Waals surface area (Å²) in [6.45, 7) is 8.03. The van der Waals surface area contributed by atoms with E-state index in [4.69, 9.17) is 32.7 Å². The molecule has 1 aromatic heterocycles. The van der Waals surface area contributed by atoms with Crippen molar-refractivity contribution in [3.8, 4) is 11.4 Å². The van der Waals surface area contributed by atoms with E-state index in [2.05, 4.69) is 50.0 Å². The largest absolute Gasteiger partial charge is 0.496 e. The van der Waals surface area contributed by atoms with Gasteiger partial charge in [-0.25, -0.2) is 9.48 Å². The highest BCUT2D eigenvalue weighted by molar-refractivity contribution is 6.42. The Labute approximate surface area is 379 Å². The predicted octanol–water partition coefficient (Wildman–Crippen LogP) is 7.20. The molecule has 5 aromatic rings. The summed E-state index contributed by atoms with van der Waals surface area (Å²) in [7, 11) is 3.33. The lowest BCUT2D eigenvalue weighted by molar-refractivity contribution is -0.143. The van der Waals surface area contributed by atoms with Gasteiger partial charge in [-0.3, -0.25) is 14.1 Å². The van der Waals surface area contributed by atoms with E-state index in [9.17, 15) is 14.4 Å². The Morgan fingerprint density at radius 2 is 1.62 bits per heavy atom. The molecule has 2 fully saturated rings. The fourth-order valence-electron chi connectivity index (χ4n) is 9.00. The van der Waals surface area contributed by atoms with Crippen molar-refractivity contribution in [1.29, 1.82) is 0 Å². The molecule has 0 spiro atoms. The summed E-state index contributed by atoms with van der Waals surface area (Å²) in [5.74, 6) is -0.0251. The standard InChI is InChI=1S/C47H55Cl2N9O5/c1-4-63-44(59)20-28-58(39-13-9-6-10-14-39)29-26-56(27-30-58)46(61)51-47(37-11-7-5-8-12-37)21-24-55(25-22-47)23-19-36(35-15-17-41(48)42(49)31-35)33-54(2)45(60)40-32-38(16-18-43(40)62-3)57-34-50-52-53-57/h5-18,31-32,34,36H,4,19-30,33H2,1-3H3/p+1. The summed E-state index contributed by atoms with van der Waals surface area (Å²) in [4.78, 5) is 46.9. The zero-order valence-electron chi connectivity index (χ0n) is 36.2. The Morgan fingerprint density at radius 1 is 0.905 bits per heavy atom. The number of halogens is 2. The molecule has 1 unspecified atom stereocenters. The molecule has 0 bridgehead atoms. The topological polar surface area (TPSA) is 135 Å². The number of aromatic nitrogens is 4. The summed E-state index contributed by atoms with van der Waals surface area (Å²) in [6.07, 6.45) is 3.99. The molecule has 3 heterocycles. The van der Waals surface area contributed by atoms with Gasteiger partial charge in [0.25, 0.3) is 5.91 Å². The van der Waals surface area contributed by atoms with E-state index in [0.29, 0.717) is 83.8 Å². The lowest BCUT2D eigenvalue weighted by Crippen LogP contribution is -2.65. The van der Waals surface area contributed by atoms with Crippen LogP contribution < -0.4 is 14.5 Å². The number of ether oxygens (including phenoxy) is 2. The molecular formula is C47H56Cl2N9O5+. The average Bonchev–Trinajstić information content (AvgIpc) is 3.87. The third kappa shape index (κ3) is 10.8. The number of amides is 3. The molecule has 0 aliphatic carbocycles. The molecule has 2 saturated heterocycles. The average molecular weight is 898 g/mol. The fourth-order valence-corrected chi connectivity index (χ4v) is 9.31. The summed E-state index contributed by atoms with van der Waals surface area (Å²) >= 11 is 12.9. The van der Waals surface area contributed by atoms with Crippen LogP contribution >= 0.6 is 23.2 Å². The maximum atomic E-state index is 14.3. The van der Waals surface area contributed by atoms with Crippen molar-refractivity contribution in [1.82, 2.24) is 44.7 Å². The lowest BCUT2D eigenvalue weighted by atomic mass is 9.80. The molecule has 2 aliphatic rings. The Hall–Kier alpha value is -5.54. The van der Waals surface area contributed by atoms with E-state index in [-0.39, 0.29) is 23.8 Å². The van der Waals surface area contributed by atoms with Crippen LogP contribution in [0.4, 0.5) is 10.5 Å². The maximum Gasteiger partial charge on any atom is 0.318 e. The van der Waals surface area contributed by atoms with Gasteiger partial charge in [-0.05, 0) is 96.7 Å². The quantitative estimate of drug-likeness (QED) is 0.0807. The predicted molar refractivity (Wildman–Crippen MR) is 244 cm³/mol. The maximum absolute atomic E-state index is 14.3. The zero-order valence-corrected chi connectivity index (χ0v) is 37.7. The molecule has 1 N–H and O–H groups in total. The normalized spacial score (nSPS) is 16.5. The van der Waals surface area contributed by atoms with Crippen LogP contribution in [0.15, 0.2) is 103 Å². The van der Waals surface area contributed by atoms with Gasteiger partial charge in [-0.2, -0.15) is 0 Å². The van der Waals surface area contributed by atoms with E-state index in [0.717, 1.165) is 55.7 Å². The number of benzene rings is 4. The van der Waals surface area contributed by atoms with Crippen molar-refractivity contribution >= 4 is 46.8 Å². The summed E-state index contributed by atoms with van der Waals surface area (Å²) < 4.78 is 13.0. The molecule has 63 heavy (non-hydrogen) atoms. The van der Waals surface area contributed by atoms with E-state index in [1.165, 1.54) is 11.0 Å². The number of nitrogens with zero attached hydrogens (tertiary/aromatic N) is 8. The fraction of sp³-hybridized carbons (Fsp3) is 0.404. The number of likely N-dealkylation sites (N-methyl/N-ethyl adjacent to an activating group) is 1. The van der Waals surface area contributed by atoms with E-state index in [1.807, 2.05) is 60.4 Å². The Bertz CT molecular complexity index is 2300.